The van der Waals surface area contributed by atoms with Crippen molar-refractivity contribution >= 4 is 0 Å². The van der Waals surface area contributed by atoms with E-state index in [1.807, 2.05) is 0 Å². The zero-order chi connectivity index (χ0) is 14.5. The Morgan fingerprint density at radius 3 is 2.50 bits per heavy atom. The summed E-state index contributed by atoms with van der Waals surface area (Å²) in [6, 6.07) is 7.55. The minimum absolute atomic E-state index is 0.379. The fourth-order valence-electron chi connectivity index (χ4n) is 3.75. The van der Waals surface area contributed by atoms with Crippen LogP contribution in [0.25, 0.3) is 0 Å². The van der Waals surface area contributed by atoms with Gasteiger partial charge in [-0.05, 0) is 36.2 Å². The van der Waals surface area contributed by atoms with Gasteiger partial charge in [0, 0.05) is 17.6 Å². The lowest BCUT2D eigenvalue weighted by Crippen LogP contribution is -2.27. The molecule has 0 spiro atoms. The molecule has 1 N–H and O–H groups in total. The van der Waals surface area contributed by atoms with Crippen LogP contribution in [0.5, 0.6) is 5.75 Å². The van der Waals surface area contributed by atoms with Crippen LogP contribution in [0.3, 0.4) is 0 Å². The van der Waals surface area contributed by atoms with E-state index in [-0.39, 0.29) is 0 Å². The molecular weight excluding hydrogens is 246 g/mol. The lowest BCUT2D eigenvalue weighted by atomic mass is 9.99. The van der Waals surface area contributed by atoms with E-state index in [4.69, 9.17) is 4.74 Å². The number of hydrogen-bond acceptors (Lipinski definition) is 2. The monoisotopic (exact) mass is 273 g/mol. The molecule has 110 valence electrons. The average molecular weight is 273 g/mol. The maximum atomic E-state index is 5.98. The number of fused-ring (bicyclic) bond motifs is 1. The first-order chi connectivity index (χ1) is 9.35. The van der Waals surface area contributed by atoms with Crippen molar-refractivity contribution in [1.29, 1.82) is 0 Å². The molecule has 1 unspecified atom stereocenters. The van der Waals surface area contributed by atoms with Crippen LogP contribution < -0.4 is 10.1 Å². The molecule has 1 saturated carbocycles. The smallest absolute Gasteiger partial charge is 0.126 e. The highest BCUT2D eigenvalue weighted by molar-refractivity contribution is 5.43. The maximum absolute atomic E-state index is 5.98. The van der Waals surface area contributed by atoms with Crippen LogP contribution in [-0.2, 0) is 0 Å². The lowest BCUT2D eigenvalue weighted by Gasteiger charge is -2.21. The normalized spacial score (nSPS) is 27.4. The molecule has 1 aliphatic carbocycles. The summed E-state index contributed by atoms with van der Waals surface area (Å²) in [5, 5.41) is 3.92. The molecule has 2 heteroatoms. The third kappa shape index (κ3) is 1.96. The largest absolute Gasteiger partial charge is 0.493 e. The minimum atomic E-state index is 0.379. The van der Waals surface area contributed by atoms with Crippen molar-refractivity contribution < 1.29 is 4.74 Å². The van der Waals surface area contributed by atoms with Crippen molar-refractivity contribution in [3.63, 3.8) is 0 Å². The Kier molecular flexibility index (Phi) is 3.13. The van der Waals surface area contributed by atoms with E-state index in [0.717, 1.165) is 18.8 Å². The molecule has 0 amide bonds. The van der Waals surface area contributed by atoms with Gasteiger partial charge < -0.3 is 10.1 Å². The predicted octanol–water partition coefficient (Wildman–Crippen LogP) is 4.23. The number of nitrogens with one attached hydrogen (secondary N) is 1. The first-order valence-electron chi connectivity index (χ1n) is 7.84. The summed E-state index contributed by atoms with van der Waals surface area (Å²) in [6.45, 7) is 12.5. The van der Waals surface area contributed by atoms with Gasteiger partial charge >= 0.3 is 0 Å². The van der Waals surface area contributed by atoms with Gasteiger partial charge in [-0.2, -0.15) is 0 Å². The molecule has 2 nitrogen and oxygen atoms in total. The van der Waals surface area contributed by atoms with Crippen LogP contribution in [0.1, 0.15) is 57.7 Å². The Balaban J connectivity index is 1.87. The fraction of sp³-hybridized carbons (Fsp3) is 0.667. The van der Waals surface area contributed by atoms with E-state index in [1.54, 1.807) is 0 Å². The molecule has 1 aromatic rings. The summed E-state index contributed by atoms with van der Waals surface area (Å²) in [5.41, 5.74) is 3.36. The average Bonchev–Trinajstić information content (AvgIpc) is 2.87. The standard InChI is InChI=1S/C18H27NO/c1-12-8-6-9-13-14(10-7-11-20-15(12)13)19-16-17(2,3)18(16,4)5/h6,8-9,14,16,19H,7,10-11H2,1-5H3. The zero-order valence-electron chi connectivity index (χ0n) is 13.4. The summed E-state index contributed by atoms with van der Waals surface area (Å²) in [7, 11) is 0. The summed E-state index contributed by atoms with van der Waals surface area (Å²) in [4.78, 5) is 0. The maximum Gasteiger partial charge on any atom is 0.126 e. The van der Waals surface area contributed by atoms with Crippen molar-refractivity contribution in [2.24, 2.45) is 10.8 Å². The molecule has 1 aromatic carbocycles. The van der Waals surface area contributed by atoms with Gasteiger partial charge in [0.05, 0.1) is 6.61 Å². The van der Waals surface area contributed by atoms with Gasteiger partial charge in [-0.25, -0.2) is 0 Å². The molecule has 0 radical (unpaired) electrons. The number of rotatable bonds is 2. The Morgan fingerprint density at radius 1 is 1.15 bits per heavy atom. The van der Waals surface area contributed by atoms with Crippen molar-refractivity contribution in [3.05, 3.63) is 29.3 Å². The Labute approximate surface area is 122 Å². The van der Waals surface area contributed by atoms with Gasteiger partial charge in [0.1, 0.15) is 5.75 Å². The molecule has 1 heterocycles. The van der Waals surface area contributed by atoms with Crippen LogP contribution in [0.15, 0.2) is 18.2 Å². The summed E-state index contributed by atoms with van der Waals surface area (Å²) >= 11 is 0. The Morgan fingerprint density at radius 2 is 1.85 bits per heavy atom. The first-order valence-corrected chi connectivity index (χ1v) is 7.84. The van der Waals surface area contributed by atoms with E-state index in [1.165, 1.54) is 17.5 Å². The van der Waals surface area contributed by atoms with Crippen molar-refractivity contribution in [1.82, 2.24) is 5.32 Å². The van der Waals surface area contributed by atoms with Crippen molar-refractivity contribution in [2.45, 2.75) is 59.5 Å². The molecule has 0 aromatic heterocycles. The first kappa shape index (κ1) is 13.9. The van der Waals surface area contributed by atoms with Gasteiger partial charge in [0.2, 0.25) is 0 Å². The van der Waals surface area contributed by atoms with Crippen LogP contribution in [0.2, 0.25) is 0 Å². The molecule has 1 atom stereocenters. The lowest BCUT2D eigenvalue weighted by molar-refractivity contribution is 0.313. The van der Waals surface area contributed by atoms with E-state index in [9.17, 15) is 0 Å². The highest BCUT2D eigenvalue weighted by Crippen LogP contribution is 2.63. The molecule has 20 heavy (non-hydrogen) atoms. The Bertz CT molecular complexity index is 504. The Hall–Kier alpha value is -1.02. The molecule has 3 rings (SSSR count). The minimum Gasteiger partial charge on any atom is -0.493 e. The van der Waals surface area contributed by atoms with Crippen LogP contribution >= 0.6 is 0 Å². The fourth-order valence-corrected chi connectivity index (χ4v) is 3.75. The number of aryl methyl sites for hydroxylation is 1. The van der Waals surface area contributed by atoms with Gasteiger partial charge in [-0.15, -0.1) is 0 Å². The topological polar surface area (TPSA) is 21.3 Å². The van der Waals surface area contributed by atoms with Gasteiger partial charge in [0.25, 0.3) is 0 Å². The molecule has 0 saturated heterocycles. The van der Waals surface area contributed by atoms with Crippen molar-refractivity contribution in [2.75, 3.05) is 6.61 Å². The van der Waals surface area contributed by atoms with Crippen LogP contribution in [0, 0.1) is 17.8 Å². The molecule has 0 bridgehead atoms. The number of benzene rings is 1. The van der Waals surface area contributed by atoms with Gasteiger partial charge in [-0.3, -0.25) is 0 Å². The summed E-state index contributed by atoms with van der Waals surface area (Å²) in [6.07, 6.45) is 2.29. The van der Waals surface area contributed by atoms with Crippen LogP contribution in [0.4, 0.5) is 0 Å². The van der Waals surface area contributed by atoms with Crippen LogP contribution in [-0.4, -0.2) is 12.6 Å². The van der Waals surface area contributed by atoms with Gasteiger partial charge in [-0.1, -0.05) is 45.9 Å². The number of hydrogen-bond donors (Lipinski definition) is 1. The third-order valence-corrected chi connectivity index (χ3v) is 5.89. The van der Waals surface area contributed by atoms with E-state index in [2.05, 4.69) is 58.1 Å². The second-order valence-electron chi connectivity index (χ2n) is 7.58. The second kappa shape index (κ2) is 4.49. The summed E-state index contributed by atoms with van der Waals surface area (Å²) < 4.78 is 5.98. The van der Waals surface area contributed by atoms with Crippen molar-refractivity contribution in [3.8, 4) is 5.75 Å². The SMILES string of the molecule is Cc1cccc2c1OCCCC2NC1C(C)(C)C1(C)C. The zero-order valence-corrected chi connectivity index (χ0v) is 13.4. The highest BCUT2D eigenvalue weighted by atomic mass is 16.5. The molecule has 1 aliphatic heterocycles. The summed E-state index contributed by atoms with van der Waals surface area (Å²) in [5.74, 6) is 1.11. The second-order valence-corrected chi connectivity index (χ2v) is 7.58. The van der Waals surface area contributed by atoms with E-state index >= 15 is 0 Å². The number of ether oxygens (including phenoxy) is 1. The van der Waals surface area contributed by atoms with E-state index in [0.29, 0.717) is 22.9 Å². The number of para-hydroxylation sites is 1. The predicted molar refractivity (Wildman–Crippen MR) is 83.1 cm³/mol. The highest BCUT2D eigenvalue weighted by Gasteiger charge is 2.65. The molecule has 2 aliphatic rings. The van der Waals surface area contributed by atoms with E-state index < -0.39 is 0 Å². The quantitative estimate of drug-likeness (QED) is 0.870. The third-order valence-electron chi connectivity index (χ3n) is 5.89. The van der Waals surface area contributed by atoms with Gasteiger partial charge in [0.15, 0.2) is 0 Å². The molecular formula is C18H27NO. The molecule has 1 fully saturated rings.